The second-order valence-electron chi connectivity index (χ2n) is 4.51. The van der Waals surface area contributed by atoms with Gasteiger partial charge in [0, 0.05) is 17.9 Å². The number of rotatable bonds is 3. The summed E-state index contributed by atoms with van der Waals surface area (Å²) in [6.07, 6.45) is 2.60. The highest BCUT2D eigenvalue weighted by Crippen LogP contribution is 2.11. The van der Waals surface area contributed by atoms with Crippen molar-refractivity contribution in [3.05, 3.63) is 23.5 Å². The van der Waals surface area contributed by atoms with Gasteiger partial charge < -0.3 is 10.7 Å². The van der Waals surface area contributed by atoms with E-state index in [0.29, 0.717) is 0 Å². The van der Waals surface area contributed by atoms with Crippen molar-refractivity contribution in [2.24, 2.45) is 5.92 Å². The molecule has 1 fully saturated rings. The lowest BCUT2D eigenvalue weighted by Gasteiger charge is -2.24. The minimum absolute atomic E-state index is 0.826. The van der Waals surface area contributed by atoms with Gasteiger partial charge in [0.1, 0.15) is 0 Å². The summed E-state index contributed by atoms with van der Waals surface area (Å²) < 4.78 is 2.20. The molecule has 0 aromatic carbocycles. The normalized spacial score (nSPS) is 18.0. The van der Waals surface area contributed by atoms with Crippen molar-refractivity contribution in [3.63, 3.8) is 0 Å². The van der Waals surface area contributed by atoms with Gasteiger partial charge in [-0.3, -0.25) is 4.68 Å². The first kappa shape index (κ1) is 10.6. The van der Waals surface area contributed by atoms with Crippen LogP contribution >= 0.6 is 0 Å². The highest BCUT2D eigenvalue weighted by molar-refractivity contribution is 5.15. The van der Waals surface area contributed by atoms with E-state index in [4.69, 9.17) is 0 Å². The van der Waals surface area contributed by atoms with Crippen LogP contribution in [0.1, 0.15) is 24.2 Å². The van der Waals surface area contributed by atoms with Crippen LogP contribution in [0.3, 0.4) is 0 Å². The van der Waals surface area contributed by atoms with Crippen molar-refractivity contribution < 1.29 is 0 Å². The first-order chi connectivity index (χ1) is 7.27. The maximum Gasteiger partial charge on any atom is 0.0366 e. The summed E-state index contributed by atoms with van der Waals surface area (Å²) in [6.45, 7) is 7.73. The molecule has 0 atom stereocenters. The third-order valence-corrected chi connectivity index (χ3v) is 3.27. The molecule has 0 bridgehead atoms. The van der Waals surface area contributed by atoms with Gasteiger partial charge in [0.15, 0.2) is 0 Å². The summed E-state index contributed by atoms with van der Waals surface area (Å²) >= 11 is 0. The van der Waals surface area contributed by atoms with Crippen LogP contribution in [0.15, 0.2) is 12.1 Å². The lowest BCUT2D eigenvalue weighted by molar-refractivity contribution is 0.381. The topological polar surface area (TPSA) is 29.0 Å². The molecule has 2 rings (SSSR count). The minimum Gasteiger partial charge on any atom is -0.326 e. The number of aryl methyl sites for hydroxylation is 2. The van der Waals surface area contributed by atoms with E-state index in [1.807, 2.05) is 0 Å². The largest absolute Gasteiger partial charge is 0.326 e. The van der Waals surface area contributed by atoms with Crippen molar-refractivity contribution in [2.45, 2.75) is 26.7 Å². The predicted molar refractivity (Wildman–Crippen MR) is 63.7 cm³/mol. The van der Waals surface area contributed by atoms with E-state index in [-0.39, 0.29) is 0 Å². The highest BCUT2D eigenvalue weighted by atomic mass is 15.4. The molecule has 1 saturated heterocycles. The molecule has 1 aliphatic rings. The lowest BCUT2D eigenvalue weighted by atomic mass is 9.99. The Labute approximate surface area is 91.8 Å². The van der Waals surface area contributed by atoms with E-state index in [9.17, 15) is 0 Å². The van der Waals surface area contributed by atoms with Gasteiger partial charge >= 0.3 is 0 Å². The Morgan fingerprint density at radius 2 is 1.87 bits per heavy atom. The molecule has 84 valence electrons. The second-order valence-corrected chi connectivity index (χ2v) is 4.51. The van der Waals surface area contributed by atoms with E-state index in [0.717, 1.165) is 12.5 Å². The highest BCUT2D eigenvalue weighted by Gasteiger charge is 2.12. The number of hydrogen-bond donors (Lipinski definition) is 2. The Bertz CT molecular complexity index is 291. The zero-order valence-electron chi connectivity index (χ0n) is 9.71. The van der Waals surface area contributed by atoms with E-state index in [1.165, 1.54) is 37.3 Å². The first-order valence-corrected chi connectivity index (χ1v) is 5.87. The number of hydrogen-bond acceptors (Lipinski definition) is 2. The van der Waals surface area contributed by atoms with Crippen molar-refractivity contribution in [1.29, 1.82) is 0 Å². The van der Waals surface area contributed by atoms with Crippen LogP contribution in [0, 0.1) is 19.8 Å². The van der Waals surface area contributed by atoms with Gasteiger partial charge in [-0.1, -0.05) is 0 Å². The minimum atomic E-state index is 0.826. The zero-order chi connectivity index (χ0) is 10.7. The Kier molecular flexibility index (Phi) is 3.31. The van der Waals surface area contributed by atoms with E-state index in [1.54, 1.807) is 0 Å². The fourth-order valence-corrected chi connectivity index (χ4v) is 2.22. The van der Waals surface area contributed by atoms with E-state index >= 15 is 0 Å². The van der Waals surface area contributed by atoms with E-state index in [2.05, 4.69) is 41.4 Å². The molecular formula is C12H21N3. The molecule has 0 unspecified atom stereocenters. The number of aromatic nitrogens is 1. The van der Waals surface area contributed by atoms with Gasteiger partial charge in [0.2, 0.25) is 0 Å². The third kappa shape index (κ3) is 2.53. The van der Waals surface area contributed by atoms with Crippen LogP contribution < -0.4 is 10.7 Å². The third-order valence-electron chi connectivity index (χ3n) is 3.27. The Hall–Kier alpha value is -0.960. The van der Waals surface area contributed by atoms with Crippen LogP contribution in [-0.2, 0) is 0 Å². The molecule has 0 amide bonds. The van der Waals surface area contributed by atoms with Gasteiger partial charge in [-0.2, -0.15) is 0 Å². The molecular weight excluding hydrogens is 186 g/mol. The average molecular weight is 207 g/mol. The van der Waals surface area contributed by atoms with E-state index < -0.39 is 0 Å². The van der Waals surface area contributed by atoms with Gasteiger partial charge in [0.25, 0.3) is 0 Å². The molecule has 1 aromatic rings. The lowest BCUT2D eigenvalue weighted by Crippen LogP contribution is -2.33. The monoisotopic (exact) mass is 207 g/mol. The number of nitrogens with zero attached hydrogens (tertiary/aromatic N) is 1. The summed E-state index contributed by atoms with van der Waals surface area (Å²) in [6, 6.07) is 4.31. The van der Waals surface area contributed by atoms with Crippen LogP contribution in [-0.4, -0.2) is 24.3 Å². The molecule has 1 aromatic heterocycles. The Balaban J connectivity index is 1.87. The molecule has 0 radical (unpaired) electrons. The van der Waals surface area contributed by atoms with Gasteiger partial charge in [-0.15, -0.1) is 0 Å². The van der Waals surface area contributed by atoms with Crippen LogP contribution in [0.4, 0.5) is 0 Å². The van der Waals surface area contributed by atoms with Gasteiger partial charge in [0.05, 0.1) is 0 Å². The summed E-state index contributed by atoms with van der Waals surface area (Å²) in [5.41, 5.74) is 6.11. The molecule has 0 spiro atoms. The van der Waals surface area contributed by atoms with Crippen molar-refractivity contribution >= 4 is 0 Å². The van der Waals surface area contributed by atoms with Crippen LogP contribution in [0.25, 0.3) is 0 Å². The fourth-order valence-electron chi connectivity index (χ4n) is 2.22. The van der Waals surface area contributed by atoms with Crippen molar-refractivity contribution in [3.8, 4) is 0 Å². The molecule has 2 N–H and O–H groups in total. The van der Waals surface area contributed by atoms with Crippen molar-refractivity contribution in [2.75, 3.05) is 25.1 Å². The maximum atomic E-state index is 3.52. The molecule has 0 aliphatic carbocycles. The standard InChI is InChI=1S/C12H21N3/c1-10-3-4-11(2)15(10)14-9-12-5-7-13-8-6-12/h3-4,12-14H,5-9H2,1-2H3. The molecule has 0 saturated carbocycles. The van der Waals surface area contributed by atoms with Crippen molar-refractivity contribution in [1.82, 2.24) is 9.99 Å². The first-order valence-electron chi connectivity index (χ1n) is 5.87. The van der Waals surface area contributed by atoms with Crippen LogP contribution in [0.2, 0.25) is 0 Å². The molecule has 2 heterocycles. The quantitative estimate of drug-likeness (QED) is 0.789. The zero-order valence-corrected chi connectivity index (χ0v) is 9.71. The molecule has 3 heteroatoms. The number of nitrogens with one attached hydrogen (secondary N) is 2. The second kappa shape index (κ2) is 4.71. The smallest absolute Gasteiger partial charge is 0.0366 e. The molecule has 15 heavy (non-hydrogen) atoms. The molecule has 1 aliphatic heterocycles. The Morgan fingerprint density at radius 1 is 1.27 bits per heavy atom. The maximum absolute atomic E-state index is 3.52. The summed E-state index contributed by atoms with van der Waals surface area (Å²) in [4.78, 5) is 0. The summed E-state index contributed by atoms with van der Waals surface area (Å²) in [5.74, 6) is 0.826. The van der Waals surface area contributed by atoms with Gasteiger partial charge in [-0.25, -0.2) is 0 Å². The predicted octanol–water partition coefficient (Wildman–Crippen LogP) is 1.65. The molecule has 3 nitrogen and oxygen atoms in total. The van der Waals surface area contributed by atoms with Gasteiger partial charge in [-0.05, 0) is 57.8 Å². The summed E-state index contributed by atoms with van der Waals surface area (Å²) in [5, 5.41) is 3.40. The number of piperidine rings is 1. The SMILES string of the molecule is Cc1ccc(C)n1NCC1CCNCC1. The average Bonchev–Trinajstić information content (AvgIpc) is 2.58. The van der Waals surface area contributed by atoms with Crippen LogP contribution in [0.5, 0.6) is 0 Å². The Morgan fingerprint density at radius 3 is 2.47 bits per heavy atom. The fraction of sp³-hybridized carbons (Fsp3) is 0.667. The summed E-state index contributed by atoms with van der Waals surface area (Å²) in [7, 11) is 0.